The van der Waals surface area contributed by atoms with E-state index < -0.39 is 5.97 Å². The fourth-order valence-corrected chi connectivity index (χ4v) is 2.06. The lowest BCUT2D eigenvalue weighted by Crippen LogP contribution is -2.35. The van der Waals surface area contributed by atoms with Crippen LogP contribution in [0.25, 0.3) is 0 Å². The van der Waals surface area contributed by atoms with Crippen LogP contribution in [0.1, 0.15) is 16.3 Å². The number of rotatable bonds is 4. The molecule has 0 aromatic carbocycles. The van der Waals surface area contributed by atoms with Gasteiger partial charge in [0.25, 0.3) is 0 Å². The van der Waals surface area contributed by atoms with Crippen LogP contribution in [-0.2, 0) is 19.6 Å². The Hall–Kier alpha value is -2.29. The molecule has 1 aliphatic heterocycles. The Labute approximate surface area is 108 Å². The first kappa shape index (κ1) is 11.8. The van der Waals surface area contributed by atoms with Crippen LogP contribution in [0.3, 0.4) is 0 Å². The van der Waals surface area contributed by atoms with Crippen molar-refractivity contribution in [2.24, 2.45) is 0 Å². The predicted octanol–water partition coefficient (Wildman–Crippen LogP) is -0.916. The number of fused-ring (bicyclic) bond motifs is 1. The fourth-order valence-electron chi connectivity index (χ4n) is 2.06. The van der Waals surface area contributed by atoms with Crippen molar-refractivity contribution in [3.05, 3.63) is 24.0 Å². The molecule has 100 valence electrons. The van der Waals surface area contributed by atoms with E-state index in [0.717, 1.165) is 32.0 Å². The van der Waals surface area contributed by atoms with Crippen molar-refractivity contribution in [1.82, 2.24) is 34.7 Å². The van der Waals surface area contributed by atoms with Crippen molar-refractivity contribution >= 4 is 5.97 Å². The number of aromatic nitrogens is 6. The van der Waals surface area contributed by atoms with Gasteiger partial charge in [-0.05, 0) is 0 Å². The highest BCUT2D eigenvalue weighted by atomic mass is 16.4. The van der Waals surface area contributed by atoms with Gasteiger partial charge in [-0.1, -0.05) is 5.21 Å². The van der Waals surface area contributed by atoms with Crippen LogP contribution in [0.15, 0.2) is 12.5 Å². The minimum absolute atomic E-state index is 0.0293. The normalized spacial score (nSPS) is 15.4. The van der Waals surface area contributed by atoms with Crippen molar-refractivity contribution in [1.29, 1.82) is 0 Å². The number of hydrogen-bond donors (Lipinski definition) is 1. The molecule has 9 heteroatoms. The van der Waals surface area contributed by atoms with Crippen LogP contribution < -0.4 is 0 Å². The maximum atomic E-state index is 10.7. The van der Waals surface area contributed by atoms with E-state index >= 15 is 0 Å². The van der Waals surface area contributed by atoms with Gasteiger partial charge in [0.15, 0.2) is 5.69 Å². The number of nitrogens with zero attached hydrogens (tertiary/aromatic N) is 7. The minimum atomic E-state index is -1.06. The zero-order chi connectivity index (χ0) is 13.2. The highest BCUT2D eigenvalue weighted by Gasteiger charge is 2.17. The van der Waals surface area contributed by atoms with E-state index in [1.54, 1.807) is 11.0 Å². The first-order chi connectivity index (χ1) is 9.22. The number of hydrogen-bond acceptors (Lipinski definition) is 6. The van der Waals surface area contributed by atoms with Gasteiger partial charge in [0.1, 0.15) is 12.2 Å². The summed E-state index contributed by atoms with van der Waals surface area (Å²) >= 11 is 0. The summed E-state index contributed by atoms with van der Waals surface area (Å²) in [4.78, 5) is 12.9. The fraction of sp³-hybridized carbons (Fsp3) is 0.500. The average molecular weight is 263 g/mol. The molecule has 0 atom stereocenters. The summed E-state index contributed by atoms with van der Waals surface area (Å²) < 4.78 is 3.58. The van der Waals surface area contributed by atoms with E-state index in [2.05, 4.69) is 25.4 Å². The molecule has 1 aliphatic rings. The summed E-state index contributed by atoms with van der Waals surface area (Å²) in [6.07, 6.45) is 3.18. The molecule has 0 amide bonds. The first-order valence-corrected chi connectivity index (χ1v) is 5.95. The summed E-state index contributed by atoms with van der Waals surface area (Å²) in [6.45, 7) is 3.93. The quantitative estimate of drug-likeness (QED) is 0.761. The lowest BCUT2D eigenvalue weighted by atomic mass is 10.3. The number of carbonyl (C=O) groups is 1. The molecule has 0 spiro atoms. The van der Waals surface area contributed by atoms with Crippen LogP contribution in [0.2, 0.25) is 0 Å². The maximum Gasteiger partial charge on any atom is 0.358 e. The molecule has 3 rings (SSSR count). The maximum absolute atomic E-state index is 10.7. The van der Waals surface area contributed by atoms with Crippen LogP contribution in [-0.4, -0.2) is 58.8 Å². The van der Waals surface area contributed by atoms with E-state index in [4.69, 9.17) is 5.11 Å². The molecule has 0 fully saturated rings. The summed E-state index contributed by atoms with van der Waals surface area (Å²) in [5.41, 5.74) is -0.0293. The van der Waals surface area contributed by atoms with Gasteiger partial charge in [0.2, 0.25) is 0 Å². The van der Waals surface area contributed by atoms with E-state index in [0.29, 0.717) is 6.54 Å². The molecule has 2 aromatic rings. The van der Waals surface area contributed by atoms with Gasteiger partial charge in [0.05, 0.1) is 19.3 Å². The van der Waals surface area contributed by atoms with Crippen LogP contribution in [0.4, 0.5) is 0 Å². The zero-order valence-electron chi connectivity index (χ0n) is 10.2. The molecule has 0 unspecified atom stereocenters. The third-order valence-electron chi connectivity index (χ3n) is 3.12. The third-order valence-corrected chi connectivity index (χ3v) is 3.12. The van der Waals surface area contributed by atoms with Gasteiger partial charge < -0.3 is 9.67 Å². The van der Waals surface area contributed by atoms with Crippen LogP contribution in [0, 0.1) is 0 Å². The molecule has 0 radical (unpaired) electrons. The Kier molecular flexibility index (Phi) is 2.95. The van der Waals surface area contributed by atoms with Gasteiger partial charge in [-0.2, -0.15) is 0 Å². The summed E-state index contributed by atoms with van der Waals surface area (Å²) in [5.74, 6) is -0.103. The molecule has 0 saturated carbocycles. The lowest BCUT2D eigenvalue weighted by molar-refractivity contribution is 0.0690. The zero-order valence-corrected chi connectivity index (χ0v) is 10.2. The Bertz CT molecular complexity index is 590. The standard InChI is InChI=1S/C10H13N7O2/c18-10(19)8-5-17(14-12-8)4-2-15-1-3-16-7-11-13-9(16)6-15/h5,7H,1-4,6H2,(H,18,19). The molecule has 2 aromatic heterocycles. The van der Waals surface area contributed by atoms with Crippen molar-refractivity contribution in [3.8, 4) is 0 Å². The van der Waals surface area contributed by atoms with Crippen molar-refractivity contribution < 1.29 is 9.90 Å². The number of carboxylic acids is 1. The van der Waals surface area contributed by atoms with E-state index in [1.807, 2.05) is 4.57 Å². The second kappa shape index (κ2) is 4.76. The van der Waals surface area contributed by atoms with Gasteiger partial charge in [-0.25, -0.2) is 4.79 Å². The highest BCUT2D eigenvalue weighted by molar-refractivity contribution is 5.84. The van der Waals surface area contributed by atoms with Gasteiger partial charge >= 0.3 is 5.97 Å². The second-order valence-electron chi connectivity index (χ2n) is 4.39. The number of carboxylic acid groups (broad SMARTS) is 1. The summed E-state index contributed by atoms with van der Waals surface area (Å²) in [6, 6.07) is 0. The van der Waals surface area contributed by atoms with E-state index in [9.17, 15) is 4.79 Å². The highest BCUT2D eigenvalue weighted by Crippen LogP contribution is 2.08. The van der Waals surface area contributed by atoms with E-state index in [1.165, 1.54) is 6.20 Å². The number of aromatic carboxylic acids is 1. The Balaban J connectivity index is 1.57. The van der Waals surface area contributed by atoms with Crippen molar-refractivity contribution in [2.45, 2.75) is 19.6 Å². The molecular weight excluding hydrogens is 250 g/mol. The minimum Gasteiger partial charge on any atom is -0.476 e. The summed E-state index contributed by atoms with van der Waals surface area (Å²) in [7, 11) is 0. The van der Waals surface area contributed by atoms with Gasteiger partial charge in [-0.3, -0.25) is 9.58 Å². The molecule has 0 bridgehead atoms. The van der Waals surface area contributed by atoms with Crippen molar-refractivity contribution in [3.63, 3.8) is 0 Å². The Morgan fingerprint density at radius 3 is 3.00 bits per heavy atom. The van der Waals surface area contributed by atoms with E-state index in [-0.39, 0.29) is 5.69 Å². The molecule has 0 aliphatic carbocycles. The molecule has 19 heavy (non-hydrogen) atoms. The first-order valence-electron chi connectivity index (χ1n) is 5.95. The predicted molar refractivity (Wildman–Crippen MR) is 62.3 cm³/mol. The second-order valence-corrected chi connectivity index (χ2v) is 4.39. The van der Waals surface area contributed by atoms with Crippen LogP contribution >= 0.6 is 0 Å². The van der Waals surface area contributed by atoms with Crippen molar-refractivity contribution in [2.75, 3.05) is 13.1 Å². The SMILES string of the molecule is O=C(O)c1cn(CCN2CCn3cnnc3C2)nn1. The molecule has 1 N–H and O–H groups in total. The Morgan fingerprint density at radius 2 is 2.21 bits per heavy atom. The third kappa shape index (κ3) is 2.45. The topological polar surface area (TPSA) is 102 Å². The van der Waals surface area contributed by atoms with Gasteiger partial charge in [-0.15, -0.1) is 15.3 Å². The largest absolute Gasteiger partial charge is 0.476 e. The van der Waals surface area contributed by atoms with Crippen LogP contribution in [0.5, 0.6) is 0 Å². The Morgan fingerprint density at radius 1 is 1.32 bits per heavy atom. The molecular formula is C10H13N7O2. The van der Waals surface area contributed by atoms with Gasteiger partial charge in [0, 0.05) is 19.6 Å². The molecule has 3 heterocycles. The lowest BCUT2D eigenvalue weighted by Gasteiger charge is -2.26. The monoisotopic (exact) mass is 263 g/mol. The average Bonchev–Trinajstić information content (AvgIpc) is 3.04. The smallest absolute Gasteiger partial charge is 0.358 e. The molecule has 0 saturated heterocycles. The summed E-state index contributed by atoms with van der Waals surface area (Å²) in [5, 5.41) is 24.0. The molecule has 9 nitrogen and oxygen atoms in total.